The van der Waals surface area contributed by atoms with Gasteiger partial charge in [0.2, 0.25) is 0 Å². The number of alkyl halides is 3. The number of furan rings is 1. The standard InChI is InChI=1S/C15H14F3NO4S/c1-24(21,22)13-6-2-4-11(8-13)14(20)19(10-15(16,17)18)9-12-5-3-7-23-12/h2-8H,9-10H2,1H3. The smallest absolute Gasteiger partial charge is 0.406 e. The zero-order valence-electron chi connectivity index (χ0n) is 12.6. The Bertz CT molecular complexity index is 813. The number of rotatable bonds is 5. The van der Waals surface area contributed by atoms with Crippen LogP contribution < -0.4 is 0 Å². The van der Waals surface area contributed by atoms with E-state index in [0.717, 1.165) is 12.3 Å². The van der Waals surface area contributed by atoms with Crippen LogP contribution in [0.15, 0.2) is 52.0 Å². The number of benzene rings is 1. The highest BCUT2D eigenvalue weighted by atomic mass is 32.2. The molecule has 0 aliphatic heterocycles. The molecule has 0 fully saturated rings. The summed E-state index contributed by atoms with van der Waals surface area (Å²) in [4.78, 5) is 12.8. The molecule has 1 aromatic carbocycles. The highest BCUT2D eigenvalue weighted by molar-refractivity contribution is 7.90. The summed E-state index contributed by atoms with van der Waals surface area (Å²) in [5, 5.41) is 0. The van der Waals surface area contributed by atoms with E-state index >= 15 is 0 Å². The summed E-state index contributed by atoms with van der Waals surface area (Å²) in [5.74, 6) is -0.749. The van der Waals surface area contributed by atoms with Gasteiger partial charge in [-0.2, -0.15) is 13.2 Å². The second-order valence-electron chi connectivity index (χ2n) is 5.16. The minimum absolute atomic E-state index is 0.140. The minimum atomic E-state index is -4.60. The van der Waals surface area contributed by atoms with E-state index in [2.05, 4.69) is 0 Å². The van der Waals surface area contributed by atoms with Crippen LogP contribution in [-0.4, -0.2) is 38.2 Å². The highest BCUT2D eigenvalue weighted by Gasteiger charge is 2.34. The number of halogens is 3. The van der Waals surface area contributed by atoms with Crippen molar-refractivity contribution in [2.45, 2.75) is 17.6 Å². The molecule has 0 N–H and O–H groups in total. The molecule has 1 aromatic heterocycles. The predicted molar refractivity (Wildman–Crippen MR) is 79.1 cm³/mol. The largest absolute Gasteiger partial charge is 0.467 e. The quantitative estimate of drug-likeness (QED) is 0.821. The Kier molecular flexibility index (Phi) is 5.02. The molecule has 0 bridgehead atoms. The molecule has 0 saturated carbocycles. The molecule has 5 nitrogen and oxygen atoms in total. The fraction of sp³-hybridized carbons (Fsp3) is 0.267. The van der Waals surface area contributed by atoms with Crippen molar-refractivity contribution >= 4 is 15.7 Å². The van der Waals surface area contributed by atoms with Crippen LogP contribution in [0, 0.1) is 0 Å². The van der Waals surface area contributed by atoms with Crippen molar-refractivity contribution in [3.63, 3.8) is 0 Å². The lowest BCUT2D eigenvalue weighted by atomic mass is 10.2. The summed E-state index contributed by atoms with van der Waals surface area (Å²) in [6.45, 7) is -1.86. The van der Waals surface area contributed by atoms with Gasteiger partial charge in [0.1, 0.15) is 12.3 Å². The van der Waals surface area contributed by atoms with Gasteiger partial charge in [0.05, 0.1) is 17.7 Å². The van der Waals surface area contributed by atoms with Gasteiger partial charge in [0.25, 0.3) is 5.91 Å². The first kappa shape index (κ1) is 18.1. The fourth-order valence-electron chi connectivity index (χ4n) is 2.05. The predicted octanol–water partition coefficient (Wildman–Crippen LogP) is 2.89. The highest BCUT2D eigenvalue weighted by Crippen LogP contribution is 2.21. The second kappa shape index (κ2) is 6.68. The third-order valence-electron chi connectivity index (χ3n) is 3.09. The molecule has 2 rings (SSSR count). The summed E-state index contributed by atoms with van der Waals surface area (Å²) in [6, 6.07) is 7.85. The SMILES string of the molecule is CS(=O)(=O)c1cccc(C(=O)N(Cc2ccco2)CC(F)(F)F)c1. The molecule has 2 aromatic rings. The summed E-state index contributed by atoms with van der Waals surface area (Å²) >= 11 is 0. The van der Waals surface area contributed by atoms with Crippen molar-refractivity contribution in [3.8, 4) is 0 Å². The summed E-state index contributed by atoms with van der Waals surface area (Å²) in [5.41, 5.74) is -0.145. The molecule has 24 heavy (non-hydrogen) atoms. The number of carbonyl (C=O) groups excluding carboxylic acids is 1. The normalized spacial score (nSPS) is 12.2. The first-order chi connectivity index (χ1) is 11.1. The Balaban J connectivity index is 2.33. The number of hydrogen-bond acceptors (Lipinski definition) is 4. The summed E-state index contributed by atoms with van der Waals surface area (Å²) < 4.78 is 66.3. The van der Waals surface area contributed by atoms with Crippen molar-refractivity contribution in [2.24, 2.45) is 0 Å². The van der Waals surface area contributed by atoms with Gasteiger partial charge in [-0.05, 0) is 30.3 Å². The van der Waals surface area contributed by atoms with Crippen molar-refractivity contribution in [1.29, 1.82) is 0 Å². The van der Waals surface area contributed by atoms with Crippen LogP contribution in [0.4, 0.5) is 13.2 Å². The molecule has 9 heteroatoms. The van der Waals surface area contributed by atoms with Crippen LogP contribution in [0.2, 0.25) is 0 Å². The average Bonchev–Trinajstić information content (AvgIpc) is 2.96. The third kappa shape index (κ3) is 4.85. The number of nitrogens with zero attached hydrogens (tertiary/aromatic N) is 1. The van der Waals surface area contributed by atoms with Gasteiger partial charge < -0.3 is 9.32 Å². The maximum Gasteiger partial charge on any atom is 0.406 e. The molecular formula is C15H14F3NO4S. The number of carbonyl (C=O) groups is 1. The van der Waals surface area contributed by atoms with Crippen LogP contribution in [0.1, 0.15) is 16.1 Å². The number of sulfone groups is 1. The molecule has 130 valence electrons. The molecule has 1 heterocycles. The van der Waals surface area contributed by atoms with Gasteiger partial charge in [0.15, 0.2) is 9.84 Å². The van der Waals surface area contributed by atoms with E-state index in [9.17, 15) is 26.4 Å². The molecule has 0 aliphatic rings. The van der Waals surface area contributed by atoms with Crippen molar-refractivity contribution < 1.29 is 30.8 Å². The monoisotopic (exact) mass is 361 g/mol. The average molecular weight is 361 g/mol. The van der Waals surface area contributed by atoms with E-state index in [-0.39, 0.29) is 22.8 Å². The number of hydrogen-bond donors (Lipinski definition) is 0. The lowest BCUT2D eigenvalue weighted by Crippen LogP contribution is -2.38. The molecule has 0 radical (unpaired) electrons. The minimum Gasteiger partial charge on any atom is -0.467 e. The van der Waals surface area contributed by atoms with E-state index < -0.39 is 28.5 Å². The fourth-order valence-corrected chi connectivity index (χ4v) is 2.72. The maximum absolute atomic E-state index is 12.8. The van der Waals surface area contributed by atoms with E-state index in [4.69, 9.17) is 4.42 Å². The van der Waals surface area contributed by atoms with E-state index in [1.165, 1.54) is 36.6 Å². The zero-order chi connectivity index (χ0) is 18.0. The summed E-state index contributed by atoms with van der Waals surface area (Å²) in [7, 11) is -3.58. The molecule has 0 atom stereocenters. The Labute approximate surface area is 136 Å². The van der Waals surface area contributed by atoms with Crippen LogP contribution in [0.5, 0.6) is 0 Å². The lowest BCUT2D eigenvalue weighted by Gasteiger charge is -2.23. The van der Waals surface area contributed by atoms with E-state index in [1.807, 2.05) is 0 Å². The molecule has 0 unspecified atom stereocenters. The topological polar surface area (TPSA) is 67.6 Å². The Hall–Kier alpha value is -2.29. The van der Waals surface area contributed by atoms with Crippen LogP contribution in [-0.2, 0) is 16.4 Å². The first-order valence-corrected chi connectivity index (χ1v) is 8.64. The Morgan fingerprint density at radius 3 is 2.46 bits per heavy atom. The van der Waals surface area contributed by atoms with Gasteiger partial charge >= 0.3 is 6.18 Å². The van der Waals surface area contributed by atoms with E-state index in [1.54, 1.807) is 0 Å². The van der Waals surface area contributed by atoms with Crippen LogP contribution >= 0.6 is 0 Å². The van der Waals surface area contributed by atoms with Gasteiger partial charge in [-0.1, -0.05) is 6.07 Å². The number of amides is 1. The summed E-state index contributed by atoms with van der Waals surface area (Å²) in [6.07, 6.45) is -2.36. The maximum atomic E-state index is 12.8. The molecular weight excluding hydrogens is 347 g/mol. The Morgan fingerprint density at radius 1 is 1.21 bits per heavy atom. The van der Waals surface area contributed by atoms with E-state index in [0.29, 0.717) is 4.90 Å². The van der Waals surface area contributed by atoms with Gasteiger partial charge in [0, 0.05) is 11.8 Å². The van der Waals surface area contributed by atoms with Gasteiger partial charge in [-0.3, -0.25) is 4.79 Å². The van der Waals surface area contributed by atoms with Gasteiger partial charge in [-0.15, -0.1) is 0 Å². The Morgan fingerprint density at radius 2 is 1.92 bits per heavy atom. The molecule has 0 spiro atoms. The molecule has 1 amide bonds. The van der Waals surface area contributed by atoms with Crippen molar-refractivity contribution in [1.82, 2.24) is 4.90 Å². The van der Waals surface area contributed by atoms with Crippen molar-refractivity contribution in [3.05, 3.63) is 54.0 Å². The van der Waals surface area contributed by atoms with Gasteiger partial charge in [-0.25, -0.2) is 8.42 Å². The molecule has 0 saturated heterocycles. The van der Waals surface area contributed by atoms with Crippen LogP contribution in [0.25, 0.3) is 0 Å². The molecule has 0 aliphatic carbocycles. The lowest BCUT2D eigenvalue weighted by molar-refractivity contribution is -0.142. The third-order valence-corrected chi connectivity index (χ3v) is 4.20. The zero-order valence-corrected chi connectivity index (χ0v) is 13.4. The second-order valence-corrected chi connectivity index (χ2v) is 7.17. The van der Waals surface area contributed by atoms with Crippen LogP contribution in [0.3, 0.4) is 0 Å². The van der Waals surface area contributed by atoms with Crippen molar-refractivity contribution in [2.75, 3.05) is 12.8 Å². The first-order valence-electron chi connectivity index (χ1n) is 6.75.